The largest absolute Gasteiger partial charge is 0.483 e. The Balaban J connectivity index is 0.000000816. The third-order valence-corrected chi connectivity index (χ3v) is 3.46. The molecule has 0 atom stereocenters. The minimum absolute atomic E-state index is 0.111. The van der Waals surface area contributed by atoms with Crippen molar-refractivity contribution in [1.29, 1.82) is 0 Å². The van der Waals surface area contributed by atoms with Crippen LogP contribution in [-0.2, 0) is 20.7 Å². The minimum Gasteiger partial charge on any atom is -0.483 e. The second-order valence-electron chi connectivity index (χ2n) is 4.95. The molecule has 0 saturated carbocycles. The van der Waals surface area contributed by atoms with Gasteiger partial charge in [0.05, 0.1) is 6.61 Å². The molecule has 10 nitrogen and oxygen atoms in total. The molecular weight excluding hydrogens is 306 g/mol. The number of hydrogen-bond donors (Lipinski definition) is 3. The van der Waals surface area contributed by atoms with Crippen molar-refractivity contribution < 1.29 is 19.4 Å². The number of aryl methyl sites for hydroxylation is 1. The van der Waals surface area contributed by atoms with Crippen LogP contribution >= 0.6 is 0 Å². The average Bonchev–Trinajstić information content (AvgIpc) is 2.97. The third kappa shape index (κ3) is 7.06. The van der Waals surface area contributed by atoms with Crippen LogP contribution in [0.25, 0.3) is 0 Å². The van der Waals surface area contributed by atoms with Crippen molar-refractivity contribution >= 4 is 12.4 Å². The van der Waals surface area contributed by atoms with Crippen molar-refractivity contribution in [1.82, 2.24) is 25.0 Å². The fourth-order valence-corrected chi connectivity index (χ4v) is 2.25. The Morgan fingerprint density at radius 1 is 1.39 bits per heavy atom. The van der Waals surface area contributed by atoms with E-state index in [1.54, 1.807) is 7.11 Å². The number of aromatic nitrogens is 3. The molecule has 1 aromatic heterocycles. The van der Waals surface area contributed by atoms with Crippen LogP contribution in [0, 0.1) is 0 Å². The Kier molecular flexibility index (Phi) is 8.62. The van der Waals surface area contributed by atoms with E-state index in [1.807, 2.05) is 4.90 Å². The smallest absolute Gasteiger partial charge is 0.340 e. The molecule has 0 aromatic carbocycles. The number of carbonyl (C=O) groups excluding carboxylic acids is 1. The maximum Gasteiger partial charge on any atom is 0.340 e. The topological polar surface area (TPSA) is 132 Å². The second kappa shape index (κ2) is 10.5. The summed E-state index contributed by atoms with van der Waals surface area (Å²) in [4.78, 5) is 38.0. The fraction of sp³-hybridized carbons (Fsp3) is 0.692. The third-order valence-electron chi connectivity index (χ3n) is 3.46. The Hall–Kier alpha value is -2.20. The van der Waals surface area contributed by atoms with Crippen molar-refractivity contribution in [2.75, 3.05) is 46.4 Å². The number of carbonyl (C=O) groups is 2. The van der Waals surface area contributed by atoms with Crippen LogP contribution in [0.5, 0.6) is 0 Å². The van der Waals surface area contributed by atoms with Crippen LogP contribution in [0.1, 0.15) is 12.2 Å². The number of methoxy groups -OCH3 is 1. The maximum atomic E-state index is 12.1. The minimum atomic E-state index is -0.334. The summed E-state index contributed by atoms with van der Waals surface area (Å²) < 4.78 is 5.05. The Bertz CT molecular complexity index is 521. The number of aromatic amines is 2. The Morgan fingerprint density at radius 2 is 2.04 bits per heavy atom. The molecule has 3 N–H and O–H groups in total. The molecule has 130 valence electrons. The molecular formula is C13H23N5O5. The van der Waals surface area contributed by atoms with Crippen molar-refractivity contribution in [3.05, 3.63) is 16.3 Å². The van der Waals surface area contributed by atoms with Gasteiger partial charge in [0.15, 0.2) is 0 Å². The quantitative estimate of drug-likeness (QED) is 0.542. The van der Waals surface area contributed by atoms with Gasteiger partial charge in [0.1, 0.15) is 5.82 Å². The van der Waals surface area contributed by atoms with E-state index in [0.717, 1.165) is 39.3 Å². The molecule has 0 unspecified atom stereocenters. The van der Waals surface area contributed by atoms with Gasteiger partial charge >= 0.3 is 5.69 Å². The first-order valence-electron chi connectivity index (χ1n) is 7.31. The second-order valence-corrected chi connectivity index (χ2v) is 4.95. The summed E-state index contributed by atoms with van der Waals surface area (Å²) >= 11 is 0. The average molecular weight is 329 g/mol. The fourth-order valence-electron chi connectivity index (χ4n) is 2.25. The molecule has 1 fully saturated rings. The number of carboxylic acid groups (broad SMARTS) is 1. The molecule has 23 heavy (non-hydrogen) atoms. The lowest BCUT2D eigenvalue weighted by Crippen LogP contribution is -2.49. The first kappa shape index (κ1) is 18.8. The molecule has 0 aliphatic carbocycles. The summed E-state index contributed by atoms with van der Waals surface area (Å²) in [5.74, 6) is 0.641. The number of nitrogens with zero attached hydrogens (tertiary/aromatic N) is 3. The number of H-pyrrole nitrogens is 2. The lowest BCUT2D eigenvalue weighted by Gasteiger charge is -2.34. The van der Waals surface area contributed by atoms with Gasteiger partial charge in [-0.25, -0.2) is 9.89 Å². The van der Waals surface area contributed by atoms with Crippen molar-refractivity contribution in [2.45, 2.75) is 12.8 Å². The maximum absolute atomic E-state index is 12.1. The van der Waals surface area contributed by atoms with Crippen LogP contribution in [0.15, 0.2) is 4.79 Å². The SMILES string of the molecule is COCCN1CCN(C(=O)CCc2n[nH]c(=O)[nH]2)CC1.O=CO. The number of nitrogens with one attached hydrogen (secondary N) is 2. The molecule has 1 aromatic rings. The zero-order valence-electron chi connectivity index (χ0n) is 13.2. The first-order chi connectivity index (χ1) is 11.1. The van der Waals surface area contributed by atoms with Crippen LogP contribution in [-0.4, -0.2) is 88.9 Å². The molecule has 0 bridgehead atoms. The predicted molar refractivity (Wildman–Crippen MR) is 81.1 cm³/mol. The first-order valence-corrected chi connectivity index (χ1v) is 7.31. The van der Waals surface area contributed by atoms with Crippen LogP contribution in [0.4, 0.5) is 0 Å². The standard InChI is InChI=1S/C12H21N5O3.CH2O2/c1-20-9-8-16-4-6-17(7-5-16)11(18)3-2-10-13-12(19)15-14-10;2-1-3/h2-9H2,1H3,(H2,13,14,15,19);1H,(H,2,3). The summed E-state index contributed by atoms with van der Waals surface area (Å²) in [7, 11) is 1.69. The van der Waals surface area contributed by atoms with E-state index in [0.29, 0.717) is 18.7 Å². The molecule has 2 heterocycles. The van der Waals surface area contributed by atoms with E-state index in [9.17, 15) is 9.59 Å². The number of amides is 1. The summed E-state index contributed by atoms with van der Waals surface area (Å²) in [5.41, 5.74) is -0.334. The summed E-state index contributed by atoms with van der Waals surface area (Å²) in [5, 5.41) is 13.0. The molecule has 10 heteroatoms. The summed E-state index contributed by atoms with van der Waals surface area (Å²) in [6, 6.07) is 0. The number of hydrogen-bond acceptors (Lipinski definition) is 6. The Labute approximate surface area is 133 Å². The highest BCUT2D eigenvalue weighted by Crippen LogP contribution is 2.05. The highest BCUT2D eigenvalue weighted by atomic mass is 16.5. The summed E-state index contributed by atoms with van der Waals surface area (Å²) in [6.07, 6.45) is 0.834. The normalized spacial score (nSPS) is 14.9. The van der Waals surface area contributed by atoms with Gasteiger partial charge in [0.2, 0.25) is 5.91 Å². The number of piperazine rings is 1. The molecule has 0 spiro atoms. The molecule has 1 aliphatic heterocycles. The van der Waals surface area contributed by atoms with E-state index in [2.05, 4.69) is 20.1 Å². The van der Waals surface area contributed by atoms with E-state index in [1.165, 1.54) is 0 Å². The van der Waals surface area contributed by atoms with Gasteiger partial charge in [-0.2, -0.15) is 5.10 Å². The van der Waals surface area contributed by atoms with Crippen molar-refractivity contribution in [3.63, 3.8) is 0 Å². The van der Waals surface area contributed by atoms with Gasteiger partial charge in [0.25, 0.3) is 6.47 Å². The van der Waals surface area contributed by atoms with Gasteiger partial charge in [-0.15, -0.1) is 0 Å². The lowest BCUT2D eigenvalue weighted by atomic mass is 10.2. The van der Waals surface area contributed by atoms with E-state index in [4.69, 9.17) is 14.6 Å². The van der Waals surface area contributed by atoms with Gasteiger partial charge < -0.3 is 14.7 Å². The Morgan fingerprint density at radius 3 is 2.57 bits per heavy atom. The van der Waals surface area contributed by atoms with Gasteiger partial charge in [-0.3, -0.25) is 19.5 Å². The zero-order chi connectivity index (χ0) is 17.1. The van der Waals surface area contributed by atoms with Crippen molar-refractivity contribution in [2.24, 2.45) is 0 Å². The zero-order valence-corrected chi connectivity index (χ0v) is 13.2. The van der Waals surface area contributed by atoms with E-state index in [-0.39, 0.29) is 18.1 Å². The van der Waals surface area contributed by atoms with Crippen molar-refractivity contribution in [3.8, 4) is 0 Å². The van der Waals surface area contributed by atoms with Crippen LogP contribution in [0.3, 0.4) is 0 Å². The van der Waals surface area contributed by atoms with Gasteiger partial charge in [0, 0.05) is 52.7 Å². The van der Waals surface area contributed by atoms with E-state index >= 15 is 0 Å². The highest BCUT2D eigenvalue weighted by Gasteiger charge is 2.20. The van der Waals surface area contributed by atoms with E-state index < -0.39 is 0 Å². The molecule has 1 saturated heterocycles. The van der Waals surface area contributed by atoms with Gasteiger partial charge in [-0.05, 0) is 0 Å². The molecule has 1 aliphatic rings. The highest BCUT2D eigenvalue weighted by molar-refractivity contribution is 5.76. The molecule has 0 radical (unpaired) electrons. The number of rotatable bonds is 6. The molecule has 2 rings (SSSR count). The van der Waals surface area contributed by atoms with Gasteiger partial charge in [-0.1, -0.05) is 0 Å². The monoisotopic (exact) mass is 329 g/mol. The summed E-state index contributed by atoms with van der Waals surface area (Å²) in [6.45, 7) is 4.65. The molecule has 1 amide bonds. The van der Waals surface area contributed by atoms with Crippen LogP contribution in [0.2, 0.25) is 0 Å². The van der Waals surface area contributed by atoms with Crippen LogP contribution < -0.4 is 5.69 Å². The lowest BCUT2D eigenvalue weighted by molar-refractivity contribution is -0.133. The predicted octanol–water partition coefficient (Wildman–Crippen LogP) is -1.48. The number of ether oxygens (including phenoxy) is 1.